The zero-order valence-corrected chi connectivity index (χ0v) is 12.6. The van der Waals surface area contributed by atoms with Crippen LogP contribution in [-0.4, -0.2) is 32.7 Å². The molecule has 1 aromatic carbocycles. The van der Waals surface area contributed by atoms with Gasteiger partial charge in [-0.05, 0) is 38.4 Å². The SMILES string of the molecule is CNC1CCN(C(=O)CCC(C)OC)c2ccccc21. The molecule has 2 unspecified atom stereocenters. The van der Waals surface area contributed by atoms with Crippen molar-refractivity contribution in [3.63, 3.8) is 0 Å². The van der Waals surface area contributed by atoms with Gasteiger partial charge in [0.2, 0.25) is 5.91 Å². The summed E-state index contributed by atoms with van der Waals surface area (Å²) in [5.41, 5.74) is 2.27. The van der Waals surface area contributed by atoms with Gasteiger partial charge in [-0.3, -0.25) is 4.79 Å². The summed E-state index contributed by atoms with van der Waals surface area (Å²) in [7, 11) is 3.65. The predicted molar refractivity (Wildman–Crippen MR) is 80.9 cm³/mol. The van der Waals surface area contributed by atoms with E-state index in [1.807, 2.05) is 37.1 Å². The lowest BCUT2D eigenvalue weighted by molar-refractivity contribution is -0.119. The minimum absolute atomic E-state index is 0.129. The van der Waals surface area contributed by atoms with Gasteiger partial charge in [0.05, 0.1) is 6.10 Å². The van der Waals surface area contributed by atoms with Crippen molar-refractivity contribution >= 4 is 11.6 Å². The number of benzene rings is 1. The highest BCUT2D eigenvalue weighted by Crippen LogP contribution is 2.33. The quantitative estimate of drug-likeness (QED) is 0.898. The molecule has 0 radical (unpaired) electrons. The number of hydrogen-bond acceptors (Lipinski definition) is 3. The van der Waals surface area contributed by atoms with Crippen molar-refractivity contribution in [2.75, 3.05) is 25.6 Å². The molecular weight excluding hydrogens is 252 g/mol. The first-order chi connectivity index (χ1) is 9.67. The second-order valence-corrected chi connectivity index (χ2v) is 5.32. The summed E-state index contributed by atoms with van der Waals surface area (Å²) >= 11 is 0. The van der Waals surface area contributed by atoms with E-state index in [2.05, 4.69) is 11.4 Å². The van der Waals surface area contributed by atoms with Crippen molar-refractivity contribution in [2.24, 2.45) is 0 Å². The number of anilines is 1. The van der Waals surface area contributed by atoms with Crippen LogP contribution in [0, 0.1) is 0 Å². The number of nitrogens with zero attached hydrogens (tertiary/aromatic N) is 1. The number of methoxy groups -OCH3 is 1. The minimum atomic E-state index is 0.129. The molecule has 1 N–H and O–H groups in total. The van der Waals surface area contributed by atoms with Gasteiger partial charge < -0.3 is 15.0 Å². The van der Waals surface area contributed by atoms with Crippen molar-refractivity contribution in [3.8, 4) is 0 Å². The highest BCUT2D eigenvalue weighted by molar-refractivity contribution is 5.94. The number of amides is 1. The average molecular weight is 276 g/mol. The third kappa shape index (κ3) is 3.19. The van der Waals surface area contributed by atoms with Crippen LogP contribution in [0.2, 0.25) is 0 Å². The molecule has 0 fully saturated rings. The highest BCUT2D eigenvalue weighted by atomic mass is 16.5. The molecule has 20 heavy (non-hydrogen) atoms. The molecule has 0 saturated carbocycles. The fourth-order valence-electron chi connectivity index (χ4n) is 2.70. The van der Waals surface area contributed by atoms with Gasteiger partial charge in [0, 0.05) is 31.8 Å². The molecule has 1 heterocycles. The number of carbonyl (C=O) groups is 1. The molecule has 4 heteroatoms. The first-order valence-corrected chi connectivity index (χ1v) is 7.26. The second-order valence-electron chi connectivity index (χ2n) is 5.32. The molecule has 1 aliphatic rings. The molecule has 0 spiro atoms. The first-order valence-electron chi connectivity index (χ1n) is 7.26. The number of carbonyl (C=O) groups excluding carboxylic acids is 1. The molecule has 0 aliphatic carbocycles. The lowest BCUT2D eigenvalue weighted by Crippen LogP contribution is -2.39. The maximum absolute atomic E-state index is 12.4. The van der Waals surface area contributed by atoms with E-state index in [-0.39, 0.29) is 12.0 Å². The Kier molecular flexibility index (Phi) is 5.15. The zero-order chi connectivity index (χ0) is 14.5. The van der Waals surface area contributed by atoms with Gasteiger partial charge in [-0.25, -0.2) is 0 Å². The third-order valence-electron chi connectivity index (χ3n) is 4.06. The Morgan fingerprint density at radius 3 is 2.95 bits per heavy atom. The molecule has 1 aromatic rings. The maximum Gasteiger partial charge on any atom is 0.227 e. The Bertz CT molecular complexity index is 462. The van der Waals surface area contributed by atoms with E-state index < -0.39 is 0 Å². The van der Waals surface area contributed by atoms with Gasteiger partial charge in [-0.1, -0.05) is 18.2 Å². The summed E-state index contributed by atoms with van der Waals surface area (Å²) in [5.74, 6) is 0.191. The van der Waals surface area contributed by atoms with Crippen LogP contribution in [0.5, 0.6) is 0 Å². The molecule has 0 bridgehead atoms. The Hall–Kier alpha value is -1.39. The van der Waals surface area contributed by atoms with Gasteiger partial charge in [-0.15, -0.1) is 0 Å². The van der Waals surface area contributed by atoms with Crippen LogP contribution in [0.15, 0.2) is 24.3 Å². The zero-order valence-electron chi connectivity index (χ0n) is 12.6. The van der Waals surface area contributed by atoms with Gasteiger partial charge in [-0.2, -0.15) is 0 Å². The molecule has 1 aliphatic heterocycles. The van der Waals surface area contributed by atoms with E-state index in [1.54, 1.807) is 7.11 Å². The summed E-state index contributed by atoms with van der Waals surface area (Å²) < 4.78 is 5.21. The first kappa shape index (κ1) is 15.0. The Morgan fingerprint density at radius 1 is 1.50 bits per heavy atom. The van der Waals surface area contributed by atoms with E-state index in [1.165, 1.54) is 5.56 Å². The summed E-state index contributed by atoms with van der Waals surface area (Å²) in [6, 6.07) is 8.51. The summed E-state index contributed by atoms with van der Waals surface area (Å²) in [6.45, 7) is 2.77. The highest BCUT2D eigenvalue weighted by Gasteiger charge is 2.27. The predicted octanol–water partition coefficient (Wildman–Crippen LogP) is 2.50. The number of hydrogen-bond donors (Lipinski definition) is 1. The summed E-state index contributed by atoms with van der Waals surface area (Å²) in [5, 5.41) is 3.32. The fourth-order valence-corrected chi connectivity index (χ4v) is 2.70. The van der Waals surface area contributed by atoms with E-state index in [9.17, 15) is 4.79 Å². The number of fused-ring (bicyclic) bond motifs is 1. The average Bonchev–Trinajstić information content (AvgIpc) is 2.51. The molecule has 1 amide bonds. The van der Waals surface area contributed by atoms with Crippen LogP contribution in [0.25, 0.3) is 0 Å². The molecular formula is C16H24N2O2. The number of para-hydroxylation sites is 1. The number of ether oxygens (including phenoxy) is 1. The molecule has 2 rings (SSSR count). The normalized spacial score (nSPS) is 19.6. The Balaban J connectivity index is 2.11. The number of nitrogens with one attached hydrogen (secondary N) is 1. The molecule has 0 aromatic heterocycles. The summed E-state index contributed by atoms with van der Waals surface area (Å²) in [6.07, 6.45) is 2.39. The van der Waals surface area contributed by atoms with Crippen LogP contribution in [0.3, 0.4) is 0 Å². The van der Waals surface area contributed by atoms with Crippen LogP contribution < -0.4 is 10.2 Å². The van der Waals surface area contributed by atoms with Crippen molar-refractivity contribution in [2.45, 2.75) is 38.3 Å². The van der Waals surface area contributed by atoms with E-state index in [4.69, 9.17) is 4.74 Å². The minimum Gasteiger partial charge on any atom is -0.382 e. The number of rotatable bonds is 5. The van der Waals surface area contributed by atoms with Gasteiger partial charge in [0.25, 0.3) is 0 Å². The van der Waals surface area contributed by atoms with Crippen LogP contribution in [0.1, 0.15) is 37.8 Å². The van der Waals surface area contributed by atoms with Crippen LogP contribution >= 0.6 is 0 Å². The Labute approximate surface area is 121 Å². The van der Waals surface area contributed by atoms with Gasteiger partial charge in [0.15, 0.2) is 0 Å². The monoisotopic (exact) mass is 276 g/mol. The standard InChI is InChI=1S/C16H24N2O2/c1-12(20-3)8-9-16(19)18-11-10-14(17-2)13-6-4-5-7-15(13)18/h4-7,12,14,17H,8-11H2,1-3H3. The van der Waals surface area contributed by atoms with E-state index in [0.29, 0.717) is 12.5 Å². The topological polar surface area (TPSA) is 41.6 Å². The third-order valence-corrected chi connectivity index (χ3v) is 4.06. The van der Waals surface area contributed by atoms with Crippen molar-refractivity contribution in [3.05, 3.63) is 29.8 Å². The Morgan fingerprint density at radius 2 is 2.25 bits per heavy atom. The van der Waals surface area contributed by atoms with Crippen LogP contribution in [0.4, 0.5) is 5.69 Å². The lowest BCUT2D eigenvalue weighted by atomic mass is 9.96. The smallest absolute Gasteiger partial charge is 0.227 e. The van der Waals surface area contributed by atoms with Crippen molar-refractivity contribution < 1.29 is 9.53 Å². The van der Waals surface area contributed by atoms with Crippen LogP contribution in [-0.2, 0) is 9.53 Å². The largest absolute Gasteiger partial charge is 0.382 e. The maximum atomic E-state index is 12.4. The van der Waals surface area contributed by atoms with E-state index in [0.717, 1.165) is 25.1 Å². The van der Waals surface area contributed by atoms with E-state index >= 15 is 0 Å². The van der Waals surface area contributed by atoms with Gasteiger partial charge in [0.1, 0.15) is 0 Å². The summed E-state index contributed by atoms with van der Waals surface area (Å²) in [4.78, 5) is 14.3. The fraction of sp³-hybridized carbons (Fsp3) is 0.562. The van der Waals surface area contributed by atoms with Gasteiger partial charge >= 0.3 is 0 Å². The second kappa shape index (κ2) is 6.86. The molecule has 4 nitrogen and oxygen atoms in total. The molecule has 2 atom stereocenters. The van der Waals surface area contributed by atoms with Crippen molar-refractivity contribution in [1.29, 1.82) is 0 Å². The molecule has 0 saturated heterocycles. The lowest BCUT2D eigenvalue weighted by Gasteiger charge is -2.34. The molecule has 110 valence electrons. The van der Waals surface area contributed by atoms with Crippen molar-refractivity contribution in [1.82, 2.24) is 5.32 Å².